The van der Waals surface area contributed by atoms with Gasteiger partial charge in [-0.1, -0.05) is 0 Å². The van der Waals surface area contributed by atoms with Crippen molar-refractivity contribution >= 4 is 5.69 Å². The van der Waals surface area contributed by atoms with E-state index in [9.17, 15) is 0 Å². The quantitative estimate of drug-likeness (QED) is 0.761. The molecule has 0 spiro atoms. The fourth-order valence-corrected chi connectivity index (χ4v) is 2.49. The van der Waals surface area contributed by atoms with E-state index in [2.05, 4.69) is 58.3 Å². The summed E-state index contributed by atoms with van der Waals surface area (Å²) in [5, 5.41) is 0. The van der Waals surface area contributed by atoms with Crippen LogP contribution in [0.15, 0.2) is 48.8 Å². The highest BCUT2D eigenvalue weighted by atomic mass is 15.1. The van der Waals surface area contributed by atoms with Gasteiger partial charge >= 0.3 is 0 Å². The molecular weight excluding hydrogens is 208 g/mol. The van der Waals surface area contributed by atoms with Crippen LogP contribution in [0.1, 0.15) is 19.3 Å². The first-order valence-corrected chi connectivity index (χ1v) is 6.42. The van der Waals surface area contributed by atoms with Crippen molar-refractivity contribution < 1.29 is 0 Å². The Bertz CT molecular complexity index is 450. The van der Waals surface area contributed by atoms with Gasteiger partial charge in [0.1, 0.15) is 0 Å². The molecule has 0 N–H and O–H groups in total. The van der Waals surface area contributed by atoms with Crippen LogP contribution in [0.4, 0.5) is 5.69 Å². The van der Waals surface area contributed by atoms with Crippen molar-refractivity contribution in [1.29, 1.82) is 0 Å². The Morgan fingerprint density at radius 3 is 1.94 bits per heavy atom. The molecule has 88 valence electrons. The van der Waals surface area contributed by atoms with Crippen molar-refractivity contribution in [3.8, 4) is 5.69 Å². The molecular formula is C15H18N2. The average molecular weight is 226 g/mol. The van der Waals surface area contributed by atoms with Gasteiger partial charge in [-0.05, 0) is 55.7 Å². The lowest BCUT2D eigenvalue weighted by atomic mass is 10.1. The van der Waals surface area contributed by atoms with Crippen LogP contribution in [0.5, 0.6) is 0 Å². The minimum Gasteiger partial charge on any atom is -0.372 e. The molecule has 1 aliphatic heterocycles. The molecule has 0 atom stereocenters. The molecule has 2 heterocycles. The summed E-state index contributed by atoms with van der Waals surface area (Å²) >= 11 is 0. The number of nitrogens with zero attached hydrogens (tertiary/aromatic N) is 2. The Morgan fingerprint density at radius 2 is 1.29 bits per heavy atom. The fraction of sp³-hybridized carbons (Fsp3) is 0.333. The van der Waals surface area contributed by atoms with E-state index in [0.717, 1.165) is 0 Å². The SMILES string of the molecule is c1ccn(-c2ccc(N3CCCCC3)cc2)c1. The number of rotatable bonds is 2. The lowest BCUT2D eigenvalue weighted by molar-refractivity contribution is 0.578. The van der Waals surface area contributed by atoms with Crippen molar-refractivity contribution in [2.45, 2.75) is 19.3 Å². The third-order valence-electron chi connectivity index (χ3n) is 3.47. The van der Waals surface area contributed by atoms with Crippen LogP contribution in [-0.4, -0.2) is 17.7 Å². The van der Waals surface area contributed by atoms with Crippen LogP contribution in [0, 0.1) is 0 Å². The van der Waals surface area contributed by atoms with Crippen molar-refractivity contribution in [1.82, 2.24) is 4.57 Å². The highest BCUT2D eigenvalue weighted by Crippen LogP contribution is 2.21. The molecule has 0 saturated carbocycles. The molecule has 2 heteroatoms. The first-order valence-electron chi connectivity index (χ1n) is 6.42. The van der Waals surface area contributed by atoms with E-state index >= 15 is 0 Å². The van der Waals surface area contributed by atoms with Gasteiger partial charge in [-0.2, -0.15) is 0 Å². The second-order valence-corrected chi connectivity index (χ2v) is 4.65. The summed E-state index contributed by atoms with van der Waals surface area (Å²) in [6.45, 7) is 2.42. The number of piperidine rings is 1. The molecule has 0 unspecified atom stereocenters. The van der Waals surface area contributed by atoms with E-state index in [1.54, 1.807) is 0 Å². The van der Waals surface area contributed by atoms with E-state index in [4.69, 9.17) is 0 Å². The fourth-order valence-electron chi connectivity index (χ4n) is 2.49. The van der Waals surface area contributed by atoms with Crippen molar-refractivity contribution in [2.75, 3.05) is 18.0 Å². The van der Waals surface area contributed by atoms with Gasteiger partial charge in [-0.3, -0.25) is 0 Å². The third-order valence-corrected chi connectivity index (χ3v) is 3.47. The van der Waals surface area contributed by atoms with Crippen LogP contribution >= 0.6 is 0 Å². The molecule has 0 bridgehead atoms. The summed E-state index contributed by atoms with van der Waals surface area (Å²) in [7, 11) is 0. The lowest BCUT2D eigenvalue weighted by Gasteiger charge is -2.28. The molecule has 0 aliphatic carbocycles. The topological polar surface area (TPSA) is 8.17 Å². The molecule has 1 saturated heterocycles. The molecule has 1 aromatic heterocycles. The number of hydrogen-bond acceptors (Lipinski definition) is 1. The summed E-state index contributed by atoms with van der Waals surface area (Å²) in [6.07, 6.45) is 8.21. The van der Waals surface area contributed by atoms with E-state index in [-0.39, 0.29) is 0 Å². The van der Waals surface area contributed by atoms with E-state index in [1.165, 1.54) is 43.7 Å². The zero-order chi connectivity index (χ0) is 11.5. The lowest BCUT2D eigenvalue weighted by Crippen LogP contribution is -2.29. The Labute approximate surface area is 102 Å². The van der Waals surface area contributed by atoms with Gasteiger partial charge in [-0.15, -0.1) is 0 Å². The Morgan fingerprint density at radius 1 is 0.706 bits per heavy atom. The zero-order valence-corrected chi connectivity index (χ0v) is 10.0. The first kappa shape index (κ1) is 10.5. The van der Waals surface area contributed by atoms with Gasteiger partial charge in [0.2, 0.25) is 0 Å². The molecule has 0 amide bonds. The zero-order valence-electron chi connectivity index (χ0n) is 10.0. The first-order chi connectivity index (χ1) is 8.43. The molecule has 2 nitrogen and oxygen atoms in total. The molecule has 2 aromatic rings. The smallest absolute Gasteiger partial charge is 0.0450 e. The maximum absolute atomic E-state index is 2.49. The Kier molecular flexibility index (Phi) is 2.87. The number of benzene rings is 1. The predicted octanol–water partition coefficient (Wildman–Crippen LogP) is 3.47. The van der Waals surface area contributed by atoms with Gasteiger partial charge in [-0.25, -0.2) is 0 Å². The number of aromatic nitrogens is 1. The third kappa shape index (κ3) is 2.21. The second-order valence-electron chi connectivity index (χ2n) is 4.65. The van der Waals surface area contributed by atoms with Crippen molar-refractivity contribution in [3.05, 3.63) is 48.8 Å². The standard InChI is InChI=1S/C15H18N2/c1-2-10-16(11-3-1)14-6-8-15(9-7-14)17-12-4-5-13-17/h4-9,12-13H,1-3,10-11H2. The molecule has 1 aliphatic rings. The second kappa shape index (κ2) is 4.66. The molecule has 3 rings (SSSR count). The molecule has 1 fully saturated rings. The van der Waals surface area contributed by atoms with E-state index < -0.39 is 0 Å². The normalized spacial score (nSPS) is 16.1. The number of anilines is 1. The summed E-state index contributed by atoms with van der Waals surface area (Å²) in [6, 6.07) is 13.0. The highest BCUT2D eigenvalue weighted by Gasteiger charge is 2.10. The molecule has 17 heavy (non-hydrogen) atoms. The van der Waals surface area contributed by atoms with Crippen LogP contribution in [0.3, 0.4) is 0 Å². The molecule has 0 radical (unpaired) electrons. The van der Waals surface area contributed by atoms with Crippen LogP contribution < -0.4 is 4.90 Å². The van der Waals surface area contributed by atoms with Crippen LogP contribution in [0.2, 0.25) is 0 Å². The highest BCUT2D eigenvalue weighted by molar-refractivity contribution is 5.51. The van der Waals surface area contributed by atoms with Crippen LogP contribution in [-0.2, 0) is 0 Å². The minimum absolute atomic E-state index is 1.21. The monoisotopic (exact) mass is 226 g/mol. The number of hydrogen-bond donors (Lipinski definition) is 0. The van der Waals surface area contributed by atoms with Gasteiger partial charge in [0.05, 0.1) is 0 Å². The average Bonchev–Trinajstić information content (AvgIpc) is 2.94. The van der Waals surface area contributed by atoms with Gasteiger partial charge in [0.15, 0.2) is 0 Å². The van der Waals surface area contributed by atoms with Gasteiger partial charge in [0.25, 0.3) is 0 Å². The summed E-state index contributed by atoms with van der Waals surface area (Å²) in [5.41, 5.74) is 2.59. The summed E-state index contributed by atoms with van der Waals surface area (Å²) < 4.78 is 2.14. The Hall–Kier alpha value is -1.70. The minimum atomic E-state index is 1.21. The summed E-state index contributed by atoms with van der Waals surface area (Å²) in [4.78, 5) is 2.49. The molecule has 1 aromatic carbocycles. The van der Waals surface area contributed by atoms with E-state index in [1.807, 2.05) is 0 Å². The maximum atomic E-state index is 2.49. The summed E-state index contributed by atoms with van der Waals surface area (Å²) in [5.74, 6) is 0. The largest absolute Gasteiger partial charge is 0.372 e. The van der Waals surface area contributed by atoms with Gasteiger partial charge in [0, 0.05) is 36.9 Å². The predicted molar refractivity (Wildman–Crippen MR) is 71.8 cm³/mol. The van der Waals surface area contributed by atoms with Crippen LogP contribution in [0.25, 0.3) is 5.69 Å². The Balaban J connectivity index is 1.80. The van der Waals surface area contributed by atoms with E-state index in [0.29, 0.717) is 0 Å². The van der Waals surface area contributed by atoms with Crippen molar-refractivity contribution in [3.63, 3.8) is 0 Å². The van der Waals surface area contributed by atoms with Crippen molar-refractivity contribution in [2.24, 2.45) is 0 Å². The maximum Gasteiger partial charge on any atom is 0.0450 e. The van der Waals surface area contributed by atoms with Gasteiger partial charge < -0.3 is 9.47 Å².